The molecule has 1 aliphatic rings. The van der Waals surface area contributed by atoms with E-state index < -0.39 is 0 Å². The Morgan fingerprint density at radius 1 is 1.44 bits per heavy atom. The summed E-state index contributed by atoms with van der Waals surface area (Å²) in [7, 11) is 1.70. The lowest BCUT2D eigenvalue weighted by Crippen LogP contribution is -2.39. The van der Waals surface area contributed by atoms with E-state index in [1.807, 2.05) is 6.07 Å². The molecule has 1 aliphatic heterocycles. The summed E-state index contributed by atoms with van der Waals surface area (Å²) in [6, 6.07) is 6.28. The maximum absolute atomic E-state index is 11.1. The fourth-order valence-electron chi connectivity index (χ4n) is 2.62. The first-order valence-electron chi connectivity index (χ1n) is 6.57. The zero-order valence-electron chi connectivity index (χ0n) is 11.2. The van der Waals surface area contributed by atoms with E-state index in [1.165, 1.54) is 17.5 Å². The van der Waals surface area contributed by atoms with Gasteiger partial charge in [0.15, 0.2) is 0 Å². The molecule has 1 atom stereocenters. The molecule has 0 bridgehead atoms. The van der Waals surface area contributed by atoms with Crippen molar-refractivity contribution >= 4 is 6.29 Å². The maximum atomic E-state index is 11.1. The SMILES string of the molecule is COc1ccc(C)cc1CN1CCCCC1C=O. The molecule has 1 saturated heterocycles. The molecule has 0 aromatic heterocycles. The number of carbonyl (C=O) groups excluding carboxylic acids is 1. The van der Waals surface area contributed by atoms with Crippen molar-refractivity contribution in [2.45, 2.75) is 38.8 Å². The Labute approximate surface area is 109 Å². The highest BCUT2D eigenvalue weighted by Gasteiger charge is 2.22. The number of hydrogen-bond donors (Lipinski definition) is 0. The van der Waals surface area contributed by atoms with Gasteiger partial charge in [0.2, 0.25) is 0 Å². The summed E-state index contributed by atoms with van der Waals surface area (Å²) in [5, 5.41) is 0. The van der Waals surface area contributed by atoms with Gasteiger partial charge in [0.25, 0.3) is 0 Å². The number of aldehydes is 1. The highest BCUT2D eigenvalue weighted by Crippen LogP contribution is 2.24. The number of nitrogens with zero attached hydrogens (tertiary/aromatic N) is 1. The molecule has 1 unspecified atom stereocenters. The van der Waals surface area contributed by atoms with E-state index in [-0.39, 0.29) is 6.04 Å². The topological polar surface area (TPSA) is 29.5 Å². The minimum atomic E-state index is 0.0731. The summed E-state index contributed by atoms with van der Waals surface area (Å²) >= 11 is 0. The molecule has 98 valence electrons. The highest BCUT2D eigenvalue weighted by atomic mass is 16.5. The van der Waals surface area contributed by atoms with Crippen molar-refractivity contribution in [2.24, 2.45) is 0 Å². The lowest BCUT2D eigenvalue weighted by atomic mass is 10.0. The van der Waals surface area contributed by atoms with Crippen molar-refractivity contribution in [3.8, 4) is 5.75 Å². The number of methoxy groups -OCH3 is 1. The highest BCUT2D eigenvalue weighted by molar-refractivity contribution is 5.57. The zero-order chi connectivity index (χ0) is 13.0. The van der Waals surface area contributed by atoms with Crippen LogP contribution < -0.4 is 4.74 Å². The number of piperidine rings is 1. The van der Waals surface area contributed by atoms with Crippen LogP contribution in [0.25, 0.3) is 0 Å². The Balaban J connectivity index is 2.16. The van der Waals surface area contributed by atoms with E-state index in [4.69, 9.17) is 4.74 Å². The Hall–Kier alpha value is -1.35. The largest absolute Gasteiger partial charge is 0.496 e. The van der Waals surface area contributed by atoms with E-state index in [0.717, 1.165) is 38.0 Å². The molecule has 0 saturated carbocycles. The zero-order valence-corrected chi connectivity index (χ0v) is 11.2. The molecular formula is C15H21NO2. The van der Waals surface area contributed by atoms with Crippen LogP contribution in [0.1, 0.15) is 30.4 Å². The van der Waals surface area contributed by atoms with E-state index in [0.29, 0.717) is 0 Å². The quantitative estimate of drug-likeness (QED) is 0.766. The molecule has 1 aromatic rings. The molecular weight excluding hydrogens is 226 g/mol. The number of rotatable bonds is 4. The third-order valence-corrected chi connectivity index (χ3v) is 3.63. The van der Waals surface area contributed by atoms with Crippen molar-refractivity contribution in [2.75, 3.05) is 13.7 Å². The lowest BCUT2D eigenvalue weighted by molar-refractivity contribution is -0.113. The second kappa shape index (κ2) is 6.01. The first-order valence-corrected chi connectivity index (χ1v) is 6.57. The van der Waals surface area contributed by atoms with Crippen molar-refractivity contribution < 1.29 is 9.53 Å². The summed E-state index contributed by atoms with van der Waals surface area (Å²) in [5.74, 6) is 0.913. The van der Waals surface area contributed by atoms with Crippen LogP contribution in [0.3, 0.4) is 0 Å². The molecule has 1 heterocycles. The smallest absolute Gasteiger partial charge is 0.137 e. The average Bonchev–Trinajstić information content (AvgIpc) is 2.40. The minimum Gasteiger partial charge on any atom is -0.496 e. The number of benzene rings is 1. The van der Waals surface area contributed by atoms with E-state index in [2.05, 4.69) is 24.0 Å². The predicted octanol–water partition coefficient (Wildman–Crippen LogP) is 2.56. The summed E-state index contributed by atoms with van der Waals surface area (Å²) in [5.41, 5.74) is 2.40. The molecule has 1 fully saturated rings. The van der Waals surface area contributed by atoms with Gasteiger partial charge >= 0.3 is 0 Å². The summed E-state index contributed by atoms with van der Waals surface area (Å²) < 4.78 is 5.40. The molecule has 0 amide bonds. The summed E-state index contributed by atoms with van der Waals surface area (Å²) in [4.78, 5) is 13.4. The molecule has 0 N–H and O–H groups in total. The first kappa shape index (κ1) is 13.1. The standard InChI is InChI=1S/C15H21NO2/c1-12-6-7-15(18-2)13(9-12)10-16-8-4-3-5-14(16)11-17/h6-7,9,11,14H,3-5,8,10H2,1-2H3. The molecule has 3 nitrogen and oxygen atoms in total. The van der Waals surface area contributed by atoms with Crippen molar-refractivity contribution in [1.29, 1.82) is 0 Å². The van der Waals surface area contributed by atoms with Crippen LogP contribution in [-0.4, -0.2) is 30.9 Å². The molecule has 0 spiro atoms. The van der Waals surface area contributed by atoms with Crippen molar-refractivity contribution in [3.05, 3.63) is 29.3 Å². The van der Waals surface area contributed by atoms with Gasteiger partial charge in [-0.2, -0.15) is 0 Å². The van der Waals surface area contributed by atoms with Crippen LogP contribution in [-0.2, 0) is 11.3 Å². The summed E-state index contributed by atoms with van der Waals surface area (Å²) in [6.07, 6.45) is 4.41. The number of ether oxygens (including phenoxy) is 1. The first-order chi connectivity index (χ1) is 8.74. The van der Waals surface area contributed by atoms with Gasteiger partial charge in [0.05, 0.1) is 13.2 Å². The van der Waals surface area contributed by atoms with E-state index >= 15 is 0 Å². The third kappa shape index (κ3) is 2.91. The van der Waals surface area contributed by atoms with Gasteiger partial charge in [0.1, 0.15) is 12.0 Å². The van der Waals surface area contributed by atoms with Gasteiger partial charge in [-0.3, -0.25) is 4.90 Å². The molecule has 0 radical (unpaired) electrons. The average molecular weight is 247 g/mol. The molecule has 1 aromatic carbocycles. The number of aryl methyl sites for hydroxylation is 1. The fraction of sp³-hybridized carbons (Fsp3) is 0.533. The van der Waals surface area contributed by atoms with Crippen LogP contribution in [0.15, 0.2) is 18.2 Å². The van der Waals surface area contributed by atoms with E-state index in [9.17, 15) is 4.79 Å². The van der Waals surface area contributed by atoms with Gasteiger partial charge in [-0.15, -0.1) is 0 Å². The normalized spacial score (nSPS) is 20.7. The van der Waals surface area contributed by atoms with Crippen LogP contribution in [0, 0.1) is 6.92 Å². The second-order valence-electron chi connectivity index (χ2n) is 4.98. The Morgan fingerprint density at radius 2 is 2.28 bits per heavy atom. The minimum absolute atomic E-state index is 0.0731. The van der Waals surface area contributed by atoms with Crippen molar-refractivity contribution in [1.82, 2.24) is 4.90 Å². The van der Waals surface area contributed by atoms with Gasteiger partial charge < -0.3 is 9.53 Å². The van der Waals surface area contributed by atoms with Crippen LogP contribution in [0.2, 0.25) is 0 Å². The Bertz CT molecular complexity index is 417. The van der Waals surface area contributed by atoms with Crippen LogP contribution in [0.5, 0.6) is 5.75 Å². The molecule has 18 heavy (non-hydrogen) atoms. The molecule has 3 heteroatoms. The number of carbonyl (C=O) groups is 1. The monoisotopic (exact) mass is 247 g/mol. The molecule has 2 rings (SSSR count). The number of hydrogen-bond acceptors (Lipinski definition) is 3. The Morgan fingerprint density at radius 3 is 3.00 bits per heavy atom. The summed E-state index contributed by atoms with van der Waals surface area (Å²) in [6.45, 7) is 3.88. The molecule has 0 aliphatic carbocycles. The van der Waals surface area contributed by atoms with Gasteiger partial charge in [-0.1, -0.05) is 24.1 Å². The van der Waals surface area contributed by atoms with E-state index in [1.54, 1.807) is 7.11 Å². The third-order valence-electron chi connectivity index (χ3n) is 3.63. The van der Waals surface area contributed by atoms with Gasteiger partial charge in [-0.25, -0.2) is 0 Å². The van der Waals surface area contributed by atoms with Crippen molar-refractivity contribution in [3.63, 3.8) is 0 Å². The second-order valence-corrected chi connectivity index (χ2v) is 4.98. The Kier molecular flexibility index (Phi) is 4.37. The van der Waals surface area contributed by atoms with Gasteiger partial charge in [-0.05, 0) is 32.4 Å². The predicted molar refractivity (Wildman–Crippen MR) is 71.8 cm³/mol. The number of likely N-dealkylation sites (tertiary alicyclic amines) is 1. The fourth-order valence-corrected chi connectivity index (χ4v) is 2.62. The maximum Gasteiger partial charge on any atom is 0.137 e. The lowest BCUT2D eigenvalue weighted by Gasteiger charge is -2.32. The van der Waals surface area contributed by atoms with Gasteiger partial charge in [0, 0.05) is 12.1 Å². The van der Waals surface area contributed by atoms with Crippen LogP contribution >= 0.6 is 0 Å². The van der Waals surface area contributed by atoms with Crippen LogP contribution in [0.4, 0.5) is 0 Å².